The molecule has 3 aromatic rings. The van der Waals surface area contributed by atoms with Gasteiger partial charge < -0.3 is 19.3 Å². The Morgan fingerprint density at radius 2 is 1.79 bits per heavy atom. The van der Waals surface area contributed by atoms with Gasteiger partial charge in [-0.15, -0.1) is 0 Å². The van der Waals surface area contributed by atoms with Crippen LogP contribution in [0.1, 0.15) is 54.0 Å². The Labute approximate surface area is 195 Å². The number of carbonyl (C=O) groups excluding carboxylic acids is 1. The maximum atomic E-state index is 12.8. The van der Waals surface area contributed by atoms with E-state index in [2.05, 4.69) is 0 Å². The highest BCUT2D eigenvalue weighted by Gasteiger charge is 2.38. The SMILES string of the molecule is COc1ccc2cc([C@H](C)C(=O)OCC[C@@]3(C)Cc4c(C)c(O)c(C)c(C)c4O3)ccc2c1. The van der Waals surface area contributed by atoms with Crippen molar-refractivity contribution in [3.05, 3.63) is 64.2 Å². The topological polar surface area (TPSA) is 65.0 Å². The first-order valence-corrected chi connectivity index (χ1v) is 11.4. The van der Waals surface area contributed by atoms with Crippen molar-refractivity contribution in [3.8, 4) is 17.2 Å². The molecular formula is C28H32O5. The number of carbonyl (C=O) groups is 1. The van der Waals surface area contributed by atoms with Crippen molar-refractivity contribution >= 4 is 16.7 Å². The summed E-state index contributed by atoms with van der Waals surface area (Å²) < 4.78 is 17.3. The van der Waals surface area contributed by atoms with Crippen LogP contribution in [-0.4, -0.2) is 30.4 Å². The summed E-state index contributed by atoms with van der Waals surface area (Å²) in [5.41, 5.74) is 4.19. The van der Waals surface area contributed by atoms with E-state index in [0.717, 1.165) is 50.1 Å². The van der Waals surface area contributed by atoms with Crippen LogP contribution in [0, 0.1) is 20.8 Å². The lowest BCUT2D eigenvalue weighted by Crippen LogP contribution is -2.32. The number of phenols is 1. The summed E-state index contributed by atoms with van der Waals surface area (Å²) in [6.45, 7) is 9.99. The highest BCUT2D eigenvalue weighted by molar-refractivity contribution is 5.86. The molecule has 0 spiro atoms. The number of ether oxygens (including phenoxy) is 3. The molecule has 1 aliphatic heterocycles. The molecule has 0 saturated carbocycles. The van der Waals surface area contributed by atoms with Crippen molar-refractivity contribution in [2.24, 2.45) is 0 Å². The van der Waals surface area contributed by atoms with E-state index in [1.165, 1.54) is 0 Å². The molecule has 1 heterocycles. The molecule has 0 aromatic heterocycles. The molecule has 5 nitrogen and oxygen atoms in total. The molecule has 1 N–H and O–H groups in total. The van der Waals surface area contributed by atoms with E-state index < -0.39 is 5.60 Å². The molecule has 0 bridgehead atoms. The van der Waals surface area contributed by atoms with Crippen molar-refractivity contribution in [3.63, 3.8) is 0 Å². The minimum Gasteiger partial charge on any atom is -0.507 e. The van der Waals surface area contributed by atoms with Gasteiger partial charge in [-0.3, -0.25) is 4.79 Å². The normalized spacial score (nSPS) is 18.0. The number of benzene rings is 3. The summed E-state index contributed by atoms with van der Waals surface area (Å²) in [6, 6.07) is 11.9. The number of phenolic OH excluding ortho intramolecular Hbond substituents is 1. The molecular weight excluding hydrogens is 416 g/mol. The number of esters is 1. The Bertz CT molecular complexity index is 1190. The Balaban J connectivity index is 1.39. The molecule has 1 aliphatic rings. The first-order valence-electron chi connectivity index (χ1n) is 11.4. The molecule has 2 atom stereocenters. The van der Waals surface area contributed by atoms with Crippen LogP contribution in [0.15, 0.2) is 36.4 Å². The maximum absolute atomic E-state index is 12.8. The number of aromatic hydroxyl groups is 1. The summed E-state index contributed by atoms with van der Waals surface area (Å²) in [5.74, 6) is 1.40. The third-order valence-electron chi connectivity index (χ3n) is 7.04. The molecule has 4 rings (SSSR count). The van der Waals surface area contributed by atoms with Crippen LogP contribution in [-0.2, 0) is 16.0 Å². The van der Waals surface area contributed by atoms with E-state index in [1.54, 1.807) is 7.11 Å². The van der Waals surface area contributed by atoms with E-state index in [0.29, 0.717) is 18.6 Å². The van der Waals surface area contributed by atoms with Gasteiger partial charge in [0.25, 0.3) is 0 Å². The van der Waals surface area contributed by atoms with Crippen LogP contribution in [0.2, 0.25) is 0 Å². The highest BCUT2D eigenvalue weighted by atomic mass is 16.5. The number of hydrogen-bond acceptors (Lipinski definition) is 5. The number of rotatable bonds is 6. The Morgan fingerprint density at radius 3 is 2.52 bits per heavy atom. The van der Waals surface area contributed by atoms with Gasteiger partial charge >= 0.3 is 5.97 Å². The van der Waals surface area contributed by atoms with Gasteiger partial charge in [0.05, 0.1) is 19.6 Å². The van der Waals surface area contributed by atoms with Crippen molar-refractivity contribution in [1.29, 1.82) is 0 Å². The second-order valence-corrected chi connectivity index (χ2v) is 9.37. The molecule has 0 saturated heterocycles. The Hall–Kier alpha value is -3.21. The van der Waals surface area contributed by atoms with Crippen LogP contribution in [0.5, 0.6) is 17.2 Å². The molecule has 0 aliphatic carbocycles. The second-order valence-electron chi connectivity index (χ2n) is 9.37. The summed E-state index contributed by atoms with van der Waals surface area (Å²) >= 11 is 0. The van der Waals surface area contributed by atoms with Gasteiger partial charge in [0.1, 0.15) is 22.8 Å². The molecule has 174 valence electrons. The van der Waals surface area contributed by atoms with Crippen LogP contribution in [0.25, 0.3) is 10.8 Å². The quantitative estimate of drug-likeness (QED) is 0.475. The lowest BCUT2D eigenvalue weighted by molar-refractivity contribution is -0.146. The zero-order valence-electron chi connectivity index (χ0n) is 20.2. The van der Waals surface area contributed by atoms with Gasteiger partial charge in [0.15, 0.2) is 0 Å². The third kappa shape index (κ3) is 4.24. The smallest absolute Gasteiger partial charge is 0.313 e. The summed E-state index contributed by atoms with van der Waals surface area (Å²) in [4.78, 5) is 12.8. The van der Waals surface area contributed by atoms with E-state index in [-0.39, 0.29) is 18.5 Å². The number of hydrogen-bond donors (Lipinski definition) is 1. The van der Waals surface area contributed by atoms with Crippen molar-refractivity contribution in [1.82, 2.24) is 0 Å². The minimum atomic E-state index is -0.469. The van der Waals surface area contributed by atoms with Gasteiger partial charge in [-0.25, -0.2) is 0 Å². The average Bonchev–Trinajstić information content (AvgIpc) is 3.17. The molecule has 0 fully saturated rings. The third-order valence-corrected chi connectivity index (χ3v) is 7.04. The fourth-order valence-corrected chi connectivity index (χ4v) is 4.58. The first kappa shape index (κ1) is 23.0. The average molecular weight is 449 g/mol. The van der Waals surface area contributed by atoms with Gasteiger partial charge in [-0.2, -0.15) is 0 Å². The van der Waals surface area contributed by atoms with Gasteiger partial charge in [-0.05, 0) is 79.8 Å². The first-order chi connectivity index (χ1) is 15.6. The molecule has 0 unspecified atom stereocenters. The summed E-state index contributed by atoms with van der Waals surface area (Å²) in [7, 11) is 1.65. The van der Waals surface area contributed by atoms with Gasteiger partial charge in [0, 0.05) is 18.4 Å². The fourth-order valence-electron chi connectivity index (χ4n) is 4.58. The number of methoxy groups -OCH3 is 1. The minimum absolute atomic E-state index is 0.247. The lowest BCUT2D eigenvalue weighted by Gasteiger charge is -2.24. The zero-order valence-corrected chi connectivity index (χ0v) is 20.2. The maximum Gasteiger partial charge on any atom is 0.313 e. The zero-order chi connectivity index (χ0) is 23.9. The number of fused-ring (bicyclic) bond motifs is 2. The van der Waals surface area contributed by atoms with Crippen molar-refractivity contribution < 1.29 is 24.1 Å². The second kappa shape index (κ2) is 8.62. The largest absolute Gasteiger partial charge is 0.507 e. The van der Waals surface area contributed by atoms with Crippen molar-refractivity contribution in [2.75, 3.05) is 13.7 Å². The molecule has 0 amide bonds. The van der Waals surface area contributed by atoms with E-state index in [4.69, 9.17) is 14.2 Å². The van der Waals surface area contributed by atoms with Crippen LogP contribution in [0.3, 0.4) is 0 Å². The molecule has 5 heteroatoms. The standard InChI is InChI=1S/C28H32O5/c1-16-17(2)26-24(19(4)25(16)29)15-28(5,33-26)11-12-32-27(30)18(3)20-7-8-22-14-23(31-6)10-9-21(22)13-20/h7-10,13-14,18,29H,11-12,15H2,1-6H3/t18-,28-/m0/s1. The Morgan fingerprint density at radius 1 is 1.09 bits per heavy atom. The van der Waals surface area contributed by atoms with Crippen LogP contribution >= 0.6 is 0 Å². The van der Waals surface area contributed by atoms with Crippen LogP contribution in [0.4, 0.5) is 0 Å². The van der Waals surface area contributed by atoms with Crippen LogP contribution < -0.4 is 9.47 Å². The summed E-state index contributed by atoms with van der Waals surface area (Å²) in [6.07, 6.45) is 1.26. The predicted molar refractivity (Wildman–Crippen MR) is 130 cm³/mol. The lowest BCUT2D eigenvalue weighted by atomic mass is 9.91. The predicted octanol–water partition coefficient (Wildman–Crippen LogP) is 5.91. The fraction of sp³-hybridized carbons (Fsp3) is 0.393. The van der Waals surface area contributed by atoms with E-state index in [9.17, 15) is 9.90 Å². The monoisotopic (exact) mass is 448 g/mol. The van der Waals surface area contributed by atoms with E-state index >= 15 is 0 Å². The summed E-state index contributed by atoms with van der Waals surface area (Å²) in [5, 5.41) is 12.5. The van der Waals surface area contributed by atoms with Crippen molar-refractivity contribution in [2.45, 2.75) is 59.0 Å². The highest BCUT2D eigenvalue weighted by Crippen LogP contribution is 2.45. The molecule has 33 heavy (non-hydrogen) atoms. The van der Waals surface area contributed by atoms with Gasteiger partial charge in [-0.1, -0.05) is 24.3 Å². The molecule has 3 aromatic carbocycles. The van der Waals surface area contributed by atoms with E-state index in [1.807, 2.05) is 71.0 Å². The Kier molecular flexibility index (Phi) is 6.00. The van der Waals surface area contributed by atoms with Gasteiger partial charge in [0.2, 0.25) is 0 Å². The molecule has 0 radical (unpaired) electrons.